The molecule has 0 saturated carbocycles. The van der Waals surface area contributed by atoms with Crippen molar-refractivity contribution in [2.45, 2.75) is 34.2 Å². The molecule has 0 aromatic carbocycles. The van der Waals surface area contributed by atoms with Crippen molar-refractivity contribution in [1.82, 2.24) is 15.1 Å². The van der Waals surface area contributed by atoms with E-state index in [4.69, 9.17) is 5.73 Å². The summed E-state index contributed by atoms with van der Waals surface area (Å²) in [5.41, 5.74) is 7.50. The van der Waals surface area contributed by atoms with Gasteiger partial charge in [-0.1, -0.05) is 13.8 Å². The third-order valence-corrected chi connectivity index (χ3v) is 2.36. The third kappa shape index (κ3) is 2.53. The van der Waals surface area contributed by atoms with Gasteiger partial charge in [0.1, 0.15) is 5.69 Å². The summed E-state index contributed by atoms with van der Waals surface area (Å²) in [7, 11) is 0. The van der Waals surface area contributed by atoms with Crippen LogP contribution >= 0.6 is 0 Å². The van der Waals surface area contributed by atoms with Gasteiger partial charge >= 0.3 is 0 Å². The monoisotopic (exact) mass is 224 g/mol. The molecule has 0 bridgehead atoms. The second-order valence-electron chi connectivity index (χ2n) is 4.27. The van der Waals surface area contributed by atoms with Gasteiger partial charge in [-0.15, -0.1) is 0 Å². The van der Waals surface area contributed by atoms with Crippen molar-refractivity contribution in [2.75, 3.05) is 12.3 Å². The number of nitrogens with one attached hydrogen (secondary N) is 1. The largest absolute Gasteiger partial charge is 0.395 e. The lowest BCUT2D eigenvalue weighted by atomic mass is 10.2. The second kappa shape index (κ2) is 5.01. The number of carbonyl (C=O) groups excluding carboxylic acids is 1. The van der Waals surface area contributed by atoms with Crippen LogP contribution in [0.1, 0.15) is 37.0 Å². The SMILES string of the molecule is CCn1nc(C)c(N)c1C(=O)NCC(C)C. The summed E-state index contributed by atoms with van der Waals surface area (Å²) in [6, 6.07) is 0. The third-order valence-electron chi connectivity index (χ3n) is 2.36. The van der Waals surface area contributed by atoms with E-state index in [1.165, 1.54) is 0 Å². The smallest absolute Gasteiger partial charge is 0.271 e. The van der Waals surface area contributed by atoms with Crippen LogP contribution in [-0.4, -0.2) is 22.2 Å². The highest BCUT2D eigenvalue weighted by atomic mass is 16.2. The zero-order valence-electron chi connectivity index (χ0n) is 10.4. The molecule has 0 atom stereocenters. The van der Waals surface area contributed by atoms with E-state index in [2.05, 4.69) is 10.4 Å². The first kappa shape index (κ1) is 12.5. The molecule has 1 aromatic heterocycles. The Hall–Kier alpha value is -1.52. The Kier molecular flexibility index (Phi) is 3.93. The highest BCUT2D eigenvalue weighted by Crippen LogP contribution is 2.16. The molecule has 1 rings (SSSR count). The zero-order valence-corrected chi connectivity index (χ0v) is 10.4. The Morgan fingerprint density at radius 1 is 1.56 bits per heavy atom. The van der Waals surface area contributed by atoms with Crippen LogP contribution in [0.3, 0.4) is 0 Å². The minimum absolute atomic E-state index is 0.145. The van der Waals surface area contributed by atoms with Gasteiger partial charge in [-0.05, 0) is 19.8 Å². The molecule has 5 heteroatoms. The maximum absolute atomic E-state index is 11.9. The van der Waals surface area contributed by atoms with Crippen LogP contribution in [0.4, 0.5) is 5.69 Å². The predicted octanol–water partition coefficient (Wildman–Crippen LogP) is 1.18. The van der Waals surface area contributed by atoms with Crippen molar-refractivity contribution in [1.29, 1.82) is 0 Å². The number of aryl methyl sites for hydroxylation is 2. The number of anilines is 1. The molecule has 3 N–H and O–H groups in total. The molecule has 0 aliphatic rings. The van der Waals surface area contributed by atoms with Crippen molar-refractivity contribution in [3.63, 3.8) is 0 Å². The molecular weight excluding hydrogens is 204 g/mol. The first-order chi connectivity index (χ1) is 7.47. The molecule has 1 amide bonds. The average molecular weight is 224 g/mol. The number of nitrogens with zero attached hydrogens (tertiary/aromatic N) is 2. The van der Waals surface area contributed by atoms with Crippen molar-refractivity contribution in [3.05, 3.63) is 11.4 Å². The van der Waals surface area contributed by atoms with Gasteiger partial charge in [-0.2, -0.15) is 5.10 Å². The Morgan fingerprint density at radius 2 is 2.19 bits per heavy atom. The molecule has 90 valence electrons. The summed E-state index contributed by atoms with van der Waals surface area (Å²) in [4.78, 5) is 11.9. The molecule has 0 unspecified atom stereocenters. The molecule has 0 fully saturated rings. The number of nitrogen functional groups attached to an aromatic ring is 1. The highest BCUT2D eigenvalue weighted by molar-refractivity contribution is 5.97. The van der Waals surface area contributed by atoms with E-state index in [0.29, 0.717) is 36.1 Å². The van der Waals surface area contributed by atoms with E-state index in [0.717, 1.165) is 0 Å². The fourth-order valence-electron chi connectivity index (χ4n) is 1.44. The fourth-order valence-corrected chi connectivity index (χ4v) is 1.44. The molecule has 1 heterocycles. The van der Waals surface area contributed by atoms with Gasteiger partial charge < -0.3 is 11.1 Å². The summed E-state index contributed by atoms with van der Waals surface area (Å²) >= 11 is 0. The van der Waals surface area contributed by atoms with Gasteiger partial charge in [0.05, 0.1) is 11.4 Å². The number of carbonyl (C=O) groups is 1. The van der Waals surface area contributed by atoms with Crippen molar-refractivity contribution in [3.8, 4) is 0 Å². The van der Waals surface area contributed by atoms with Crippen LogP contribution in [0.15, 0.2) is 0 Å². The van der Waals surface area contributed by atoms with Gasteiger partial charge in [0.15, 0.2) is 0 Å². The van der Waals surface area contributed by atoms with E-state index in [1.54, 1.807) is 11.6 Å². The average Bonchev–Trinajstić information content (AvgIpc) is 2.51. The van der Waals surface area contributed by atoms with Crippen molar-refractivity contribution < 1.29 is 4.79 Å². The molecule has 16 heavy (non-hydrogen) atoms. The number of hydrogen-bond acceptors (Lipinski definition) is 3. The van der Waals surface area contributed by atoms with Crippen LogP contribution < -0.4 is 11.1 Å². The van der Waals surface area contributed by atoms with Crippen LogP contribution in [0, 0.1) is 12.8 Å². The Morgan fingerprint density at radius 3 is 2.69 bits per heavy atom. The maximum Gasteiger partial charge on any atom is 0.271 e. The molecule has 0 radical (unpaired) electrons. The fraction of sp³-hybridized carbons (Fsp3) is 0.636. The molecule has 0 spiro atoms. The van der Waals surface area contributed by atoms with Crippen LogP contribution in [0.2, 0.25) is 0 Å². The van der Waals surface area contributed by atoms with Gasteiger partial charge in [-0.25, -0.2) is 0 Å². The number of amides is 1. The first-order valence-electron chi connectivity index (χ1n) is 5.58. The number of rotatable bonds is 4. The molecular formula is C11H20N4O. The molecule has 5 nitrogen and oxygen atoms in total. The van der Waals surface area contributed by atoms with E-state index >= 15 is 0 Å². The first-order valence-corrected chi connectivity index (χ1v) is 5.58. The van der Waals surface area contributed by atoms with Gasteiger partial charge in [0.25, 0.3) is 5.91 Å². The van der Waals surface area contributed by atoms with Gasteiger partial charge in [-0.3, -0.25) is 9.48 Å². The predicted molar refractivity (Wildman–Crippen MR) is 64.2 cm³/mol. The standard InChI is InChI=1S/C11H20N4O/c1-5-15-10(9(12)8(4)14-15)11(16)13-6-7(2)3/h7H,5-6,12H2,1-4H3,(H,13,16). The quantitative estimate of drug-likeness (QED) is 0.806. The minimum Gasteiger partial charge on any atom is -0.395 e. The number of hydrogen-bond donors (Lipinski definition) is 2. The summed E-state index contributed by atoms with van der Waals surface area (Å²) in [5, 5.41) is 7.06. The molecule has 1 aromatic rings. The summed E-state index contributed by atoms with van der Waals surface area (Å²) < 4.78 is 1.64. The number of aromatic nitrogens is 2. The van der Waals surface area contributed by atoms with E-state index in [9.17, 15) is 4.79 Å². The topological polar surface area (TPSA) is 72.9 Å². The van der Waals surface area contributed by atoms with Crippen molar-refractivity contribution >= 4 is 11.6 Å². The van der Waals surface area contributed by atoms with E-state index in [-0.39, 0.29) is 5.91 Å². The molecule has 0 saturated heterocycles. The highest BCUT2D eigenvalue weighted by Gasteiger charge is 2.18. The van der Waals surface area contributed by atoms with E-state index in [1.807, 2.05) is 20.8 Å². The van der Waals surface area contributed by atoms with Crippen LogP contribution in [0.5, 0.6) is 0 Å². The maximum atomic E-state index is 11.9. The zero-order chi connectivity index (χ0) is 12.3. The molecule has 0 aliphatic heterocycles. The minimum atomic E-state index is -0.145. The summed E-state index contributed by atoms with van der Waals surface area (Å²) in [6.07, 6.45) is 0. The lowest BCUT2D eigenvalue weighted by Crippen LogP contribution is -2.30. The Bertz CT molecular complexity index is 382. The van der Waals surface area contributed by atoms with Gasteiger partial charge in [0, 0.05) is 13.1 Å². The Labute approximate surface area is 96.0 Å². The second-order valence-corrected chi connectivity index (χ2v) is 4.27. The normalized spacial score (nSPS) is 10.8. The summed E-state index contributed by atoms with van der Waals surface area (Å²) in [5.74, 6) is 0.276. The lowest BCUT2D eigenvalue weighted by Gasteiger charge is -2.09. The van der Waals surface area contributed by atoms with E-state index < -0.39 is 0 Å². The Balaban J connectivity index is 2.89. The van der Waals surface area contributed by atoms with Crippen LogP contribution in [-0.2, 0) is 6.54 Å². The van der Waals surface area contributed by atoms with Gasteiger partial charge in [0.2, 0.25) is 0 Å². The molecule has 0 aliphatic carbocycles. The summed E-state index contributed by atoms with van der Waals surface area (Å²) in [6.45, 7) is 9.12. The number of nitrogens with two attached hydrogens (primary N) is 1. The van der Waals surface area contributed by atoms with Crippen LogP contribution in [0.25, 0.3) is 0 Å². The lowest BCUT2D eigenvalue weighted by molar-refractivity contribution is 0.0939. The van der Waals surface area contributed by atoms with Crippen molar-refractivity contribution in [2.24, 2.45) is 5.92 Å².